The first-order chi connectivity index (χ1) is 8.84. The van der Waals surface area contributed by atoms with Crippen molar-refractivity contribution in [1.29, 1.82) is 0 Å². The van der Waals surface area contributed by atoms with Gasteiger partial charge < -0.3 is 14.5 Å². The van der Waals surface area contributed by atoms with E-state index in [1.807, 2.05) is 42.5 Å². The number of para-hydroxylation sites is 1. The van der Waals surface area contributed by atoms with E-state index in [2.05, 4.69) is 5.32 Å². The van der Waals surface area contributed by atoms with Gasteiger partial charge in [-0.2, -0.15) is 0 Å². The third-order valence-electron chi connectivity index (χ3n) is 2.39. The Balaban J connectivity index is 1.63. The molecule has 0 spiro atoms. The summed E-state index contributed by atoms with van der Waals surface area (Å²) in [7, 11) is 0. The van der Waals surface area contributed by atoms with Crippen molar-refractivity contribution in [2.45, 2.75) is 6.42 Å². The summed E-state index contributed by atoms with van der Waals surface area (Å²) >= 11 is 0. The first kappa shape index (κ1) is 12.2. The van der Waals surface area contributed by atoms with Crippen LogP contribution in [0.25, 0.3) is 0 Å². The zero-order chi connectivity index (χ0) is 12.6. The molecule has 0 saturated heterocycles. The van der Waals surface area contributed by atoms with E-state index in [-0.39, 0.29) is 12.5 Å². The zero-order valence-corrected chi connectivity index (χ0v) is 9.96. The predicted octanol–water partition coefficient (Wildman–Crippen LogP) is 2.02. The van der Waals surface area contributed by atoms with Crippen molar-refractivity contribution in [2.75, 3.05) is 13.2 Å². The van der Waals surface area contributed by atoms with E-state index >= 15 is 0 Å². The molecule has 94 valence electrons. The molecular weight excluding hydrogens is 230 g/mol. The van der Waals surface area contributed by atoms with Gasteiger partial charge in [-0.25, -0.2) is 0 Å². The third kappa shape index (κ3) is 3.97. The number of furan rings is 1. The molecule has 1 aromatic carbocycles. The Morgan fingerprint density at radius 3 is 2.72 bits per heavy atom. The smallest absolute Gasteiger partial charge is 0.257 e. The number of hydrogen-bond donors (Lipinski definition) is 1. The summed E-state index contributed by atoms with van der Waals surface area (Å²) in [5.74, 6) is 1.42. The average molecular weight is 245 g/mol. The van der Waals surface area contributed by atoms with Gasteiger partial charge in [-0.05, 0) is 24.3 Å². The molecule has 0 saturated carbocycles. The van der Waals surface area contributed by atoms with Crippen molar-refractivity contribution in [2.24, 2.45) is 0 Å². The van der Waals surface area contributed by atoms with E-state index in [0.717, 1.165) is 5.76 Å². The number of ether oxygens (including phenoxy) is 1. The topological polar surface area (TPSA) is 51.5 Å². The van der Waals surface area contributed by atoms with Gasteiger partial charge in [-0.1, -0.05) is 18.2 Å². The van der Waals surface area contributed by atoms with E-state index < -0.39 is 0 Å². The summed E-state index contributed by atoms with van der Waals surface area (Å²) in [5, 5.41) is 2.77. The highest BCUT2D eigenvalue weighted by atomic mass is 16.5. The van der Waals surface area contributed by atoms with Gasteiger partial charge in [0.2, 0.25) is 0 Å². The average Bonchev–Trinajstić information content (AvgIpc) is 2.91. The van der Waals surface area contributed by atoms with Gasteiger partial charge in [-0.3, -0.25) is 4.79 Å². The van der Waals surface area contributed by atoms with Crippen molar-refractivity contribution in [3.63, 3.8) is 0 Å². The van der Waals surface area contributed by atoms with E-state index in [4.69, 9.17) is 9.15 Å². The molecule has 2 rings (SSSR count). The fourth-order valence-electron chi connectivity index (χ4n) is 1.50. The first-order valence-electron chi connectivity index (χ1n) is 5.81. The van der Waals surface area contributed by atoms with Crippen LogP contribution in [0.3, 0.4) is 0 Å². The van der Waals surface area contributed by atoms with Crippen LogP contribution in [-0.4, -0.2) is 19.1 Å². The first-order valence-corrected chi connectivity index (χ1v) is 5.81. The van der Waals surface area contributed by atoms with Crippen LogP contribution in [0.5, 0.6) is 5.75 Å². The number of hydrogen-bond acceptors (Lipinski definition) is 3. The molecule has 0 unspecified atom stereocenters. The zero-order valence-electron chi connectivity index (χ0n) is 9.96. The second-order valence-electron chi connectivity index (χ2n) is 3.78. The molecule has 4 nitrogen and oxygen atoms in total. The van der Waals surface area contributed by atoms with Gasteiger partial charge >= 0.3 is 0 Å². The fraction of sp³-hybridized carbons (Fsp3) is 0.214. The Bertz CT molecular complexity index is 465. The SMILES string of the molecule is O=C(COc1ccccc1)NCCc1ccco1. The fourth-order valence-corrected chi connectivity index (χ4v) is 1.50. The van der Waals surface area contributed by atoms with Gasteiger partial charge in [0, 0.05) is 13.0 Å². The molecule has 1 heterocycles. The number of benzene rings is 1. The summed E-state index contributed by atoms with van der Waals surface area (Å²) in [6, 6.07) is 13.0. The lowest BCUT2D eigenvalue weighted by atomic mass is 10.3. The summed E-state index contributed by atoms with van der Waals surface area (Å²) < 4.78 is 10.5. The molecule has 2 aromatic rings. The molecular formula is C14H15NO3. The van der Waals surface area contributed by atoms with Crippen molar-refractivity contribution in [3.05, 3.63) is 54.5 Å². The molecule has 0 aliphatic carbocycles. The molecule has 1 N–H and O–H groups in total. The van der Waals surface area contributed by atoms with Gasteiger partial charge in [0.1, 0.15) is 11.5 Å². The minimum atomic E-state index is -0.134. The van der Waals surface area contributed by atoms with E-state index in [9.17, 15) is 4.79 Å². The lowest BCUT2D eigenvalue weighted by molar-refractivity contribution is -0.123. The minimum absolute atomic E-state index is 0.0299. The van der Waals surface area contributed by atoms with Crippen molar-refractivity contribution in [3.8, 4) is 5.75 Å². The Morgan fingerprint density at radius 1 is 1.17 bits per heavy atom. The van der Waals surface area contributed by atoms with Gasteiger partial charge in [0.15, 0.2) is 6.61 Å². The molecule has 0 fully saturated rings. The molecule has 4 heteroatoms. The van der Waals surface area contributed by atoms with Crippen LogP contribution < -0.4 is 10.1 Å². The Morgan fingerprint density at radius 2 is 2.00 bits per heavy atom. The number of carbonyl (C=O) groups excluding carboxylic acids is 1. The summed E-state index contributed by atoms with van der Waals surface area (Å²) in [6.45, 7) is 0.576. The second-order valence-corrected chi connectivity index (χ2v) is 3.78. The second kappa shape index (κ2) is 6.49. The Labute approximate surface area is 106 Å². The molecule has 0 aliphatic heterocycles. The summed E-state index contributed by atoms with van der Waals surface area (Å²) in [6.07, 6.45) is 2.31. The highest BCUT2D eigenvalue weighted by Crippen LogP contribution is 2.07. The van der Waals surface area contributed by atoms with E-state index in [1.54, 1.807) is 6.26 Å². The number of rotatable bonds is 6. The van der Waals surface area contributed by atoms with Gasteiger partial charge in [0.05, 0.1) is 6.26 Å². The maximum absolute atomic E-state index is 11.5. The van der Waals surface area contributed by atoms with Crippen LogP contribution in [0.15, 0.2) is 53.1 Å². The normalized spacial score (nSPS) is 10.0. The molecule has 1 aromatic heterocycles. The number of carbonyl (C=O) groups is 1. The Hall–Kier alpha value is -2.23. The monoisotopic (exact) mass is 245 g/mol. The predicted molar refractivity (Wildman–Crippen MR) is 67.4 cm³/mol. The largest absolute Gasteiger partial charge is 0.484 e. The van der Waals surface area contributed by atoms with Gasteiger partial charge in [-0.15, -0.1) is 0 Å². The third-order valence-corrected chi connectivity index (χ3v) is 2.39. The van der Waals surface area contributed by atoms with E-state index in [0.29, 0.717) is 18.7 Å². The van der Waals surface area contributed by atoms with Gasteiger partial charge in [0.25, 0.3) is 5.91 Å². The highest BCUT2D eigenvalue weighted by Gasteiger charge is 2.02. The van der Waals surface area contributed by atoms with Crippen LogP contribution in [-0.2, 0) is 11.2 Å². The molecule has 0 radical (unpaired) electrons. The van der Waals surface area contributed by atoms with Crippen LogP contribution in [0.2, 0.25) is 0 Å². The van der Waals surface area contributed by atoms with Crippen molar-refractivity contribution in [1.82, 2.24) is 5.32 Å². The van der Waals surface area contributed by atoms with Crippen LogP contribution in [0.4, 0.5) is 0 Å². The molecule has 1 amide bonds. The number of amides is 1. The molecule has 0 bridgehead atoms. The minimum Gasteiger partial charge on any atom is -0.484 e. The standard InChI is InChI=1S/C14H15NO3/c16-14(11-18-12-5-2-1-3-6-12)15-9-8-13-7-4-10-17-13/h1-7,10H,8-9,11H2,(H,15,16). The van der Waals surface area contributed by atoms with Crippen LogP contribution in [0.1, 0.15) is 5.76 Å². The quantitative estimate of drug-likeness (QED) is 0.847. The maximum atomic E-state index is 11.5. The van der Waals surface area contributed by atoms with Crippen LogP contribution in [0, 0.1) is 0 Å². The van der Waals surface area contributed by atoms with E-state index in [1.165, 1.54) is 0 Å². The lowest BCUT2D eigenvalue weighted by Gasteiger charge is -2.06. The lowest BCUT2D eigenvalue weighted by Crippen LogP contribution is -2.30. The summed E-state index contributed by atoms with van der Waals surface area (Å²) in [4.78, 5) is 11.5. The maximum Gasteiger partial charge on any atom is 0.257 e. The van der Waals surface area contributed by atoms with Crippen molar-refractivity contribution < 1.29 is 13.9 Å². The Kier molecular flexibility index (Phi) is 4.41. The van der Waals surface area contributed by atoms with Crippen LogP contribution >= 0.6 is 0 Å². The number of nitrogens with one attached hydrogen (secondary N) is 1. The highest BCUT2D eigenvalue weighted by molar-refractivity contribution is 5.77. The molecule has 0 atom stereocenters. The molecule has 0 aliphatic rings. The summed E-state index contributed by atoms with van der Waals surface area (Å²) in [5.41, 5.74) is 0. The molecule has 18 heavy (non-hydrogen) atoms. The van der Waals surface area contributed by atoms with Crippen molar-refractivity contribution >= 4 is 5.91 Å².